The van der Waals surface area contributed by atoms with Crippen molar-refractivity contribution in [1.29, 1.82) is 0 Å². The summed E-state index contributed by atoms with van der Waals surface area (Å²) in [6.07, 6.45) is 0. The Morgan fingerprint density at radius 2 is 1.64 bits per heavy atom. The van der Waals surface area contributed by atoms with Crippen molar-refractivity contribution in [1.82, 2.24) is 9.97 Å². The lowest BCUT2D eigenvalue weighted by atomic mass is 10.3. The highest BCUT2D eigenvalue weighted by Gasteiger charge is 2.06. The highest BCUT2D eigenvalue weighted by Crippen LogP contribution is 2.20. The van der Waals surface area contributed by atoms with Gasteiger partial charge in [-0.05, 0) is 19.9 Å². The van der Waals surface area contributed by atoms with Crippen LogP contribution < -0.4 is 0 Å². The molecule has 1 aromatic rings. The minimum absolute atomic E-state index is 0.478. The van der Waals surface area contributed by atoms with Crippen molar-refractivity contribution >= 4 is 23.2 Å². The molecule has 1 heterocycles. The van der Waals surface area contributed by atoms with Gasteiger partial charge >= 0.3 is 0 Å². The number of aromatic nitrogens is 2. The van der Waals surface area contributed by atoms with E-state index in [0.29, 0.717) is 5.82 Å². The van der Waals surface area contributed by atoms with E-state index in [1.807, 2.05) is 19.9 Å². The molecule has 0 aliphatic heterocycles. The van der Waals surface area contributed by atoms with Crippen LogP contribution in [0.5, 0.6) is 0 Å². The van der Waals surface area contributed by atoms with Crippen LogP contribution in [0, 0.1) is 13.8 Å². The van der Waals surface area contributed by atoms with Crippen LogP contribution in [0.1, 0.15) is 22.0 Å². The molecule has 0 unspecified atom stereocenters. The Morgan fingerprint density at radius 1 is 1.18 bits per heavy atom. The fraction of sp³-hybridized carbons (Fsp3) is 0.429. The summed E-state index contributed by atoms with van der Waals surface area (Å²) >= 11 is 11.2. The number of nitrogens with zero attached hydrogens (tertiary/aromatic N) is 2. The molecule has 0 bridgehead atoms. The summed E-state index contributed by atoms with van der Waals surface area (Å²) in [6.45, 7) is 3.77. The van der Waals surface area contributed by atoms with Crippen molar-refractivity contribution in [3.8, 4) is 0 Å². The van der Waals surface area contributed by atoms with Gasteiger partial charge in [0.05, 0.1) is 0 Å². The first-order valence-corrected chi connectivity index (χ1v) is 4.07. The minimum atomic E-state index is -0.631. The fourth-order valence-electron chi connectivity index (χ4n) is 0.851. The zero-order valence-electron chi connectivity index (χ0n) is 6.31. The Bertz CT molecular complexity index is 240. The number of rotatable bonds is 1. The summed E-state index contributed by atoms with van der Waals surface area (Å²) in [4.78, 5) is 7.49. The van der Waals surface area contributed by atoms with E-state index in [0.717, 1.165) is 11.4 Å². The van der Waals surface area contributed by atoms with Gasteiger partial charge in [0.1, 0.15) is 0 Å². The summed E-state index contributed by atoms with van der Waals surface area (Å²) in [6, 6.07) is 1.87. The lowest BCUT2D eigenvalue weighted by molar-refractivity contribution is 0.947. The quantitative estimate of drug-likeness (QED) is 0.637. The molecule has 0 aliphatic carbocycles. The summed E-state index contributed by atoms with van der Waals surface area (Å²) in [5.74, 6) is 0.478. The Kier molecular flexibility index (Phi) is 2.68. The first-order valence-electron chi connectivity index (χ1n) is 3.20. The van der Waals surface area contributed by atoms with E-state index in [-0.39, 0.29) is 0 Å². The van der Waals surface area contributed by atoms with Crippen molar-refractivity contribution in [2.75, 3.05) is 0 Å². The van der Waals surface area contributed by atoms with E-state index in [4.69, 9.17) is 23.2 Å². The number of halogens is 2. The molecule has 0 spiro atoms. The van der Waals surface area contributed by atoms with Crippen LogP contribution in [0.4, 0.5) is 0 Å². The van der Waals surface area contributed by atoms with Crippen LogP contribution in [0.25, 0.3) is 0 Å². The number of aryl methyl sites for hydroxylation is 2. The van der Waals surface area contributed by atoms with E-state index < -0.39 is 4.84 Å². The van der Waals surface area contributed by atoms with E-state index in [9.17, 15) is 0 Å². The van der Waals surface area contributed by atoms with Crippen molar-refractivity contribution < 1.29 is 0 Å². The van der Waals surface area contributed by atoms with Gasteiger partial charge in [0, 0.05) is 11.4 Å². The summed E-state index contributed by atoms with van der Waals surface area (Å²) < 4.78 is 0. The van der Waals surface area contributed by atoms with Crippen molar-refractivity contribution in [3.05, 3.63) is 23.3 Å². The Labute approximate surface area is 75.6 Å². The lowest BCUT2D eigenvalue weighted by Gasteiger charge is -2.01. The van der Waals surface area contributed by atoms with Crippen LogP contribution in [0.2, 0.25) is 0 Å². The van der Waals surface area contributed by atoms with E-state index in [2.05, 4.69) is 9.97 Å². The molecule has 60 valence electrons. The topological polar surface area (TPSA) is 25.8 Å². The monoisotopic (exact) mass is 190 g/mol. The summed E-state index contributed by atoms with van der Waals surface area (Å²) in [5.41, 5.74) is 1.78. The smallest absolute Gasteiger partial charge is 0.167 e. The predicted molar refractivity (Wildman–Crippen MR) is 46.0 cm³/mol. The third-order valence-electron chi connectivity index (χ3n) is 1.19. The van der Waals surface area contributed by atoms with Gasteiger partial charge < -0.3 is 0 Å². The normalized spacial score (nSPS) is 10.6. The minimum Gasteiger partial charge on any atom is -0.235 e. The largest absolute Gasteiger partial charge is 0.235 e. The molecule has 0 aromatic carbocycles. The Balaban J connectivity index is 3.08. The molecule has 0 saturated carbocycles. The number of hydrogen-bond donors (Lipinski definition) is 0. The molecule has 4 heteroatoms. The van der Waals surface area contributed by atoms with Gasteiger partial charge in [-0.1, -0.05) is 23.2 Å². The molecule has 0 aliphatic rings. The SMILES string of the molecule is Cc1cc(C)nc(C(Cl)Cl)n1. The second-order valence-corrected chi connectivity index (χ2v) is 3.41. The van der Waals surface area contributed by atoms with Crippen LogP contribution in [0.15, 0.2) is 6.07 Å². The first kappa shape index (κ1) is 8.75. The highest BCUT2D eigenvalue weighted by molar-refractivity contribution is 6.43. The van der Waals surface area contributed by atoms with Gasteiger partial charge in [0.2, 0.25) is 0 Å². The second-order valence-electron chi connectivity index (χ2n) is 2.31. The first-order chi connectivity index (χ1) is 5.09. The molecular formula is C7H8Cl2N2. The van der Waals surface area contributed by atoms with Crippen molar-refractivity contribution in [3.63, 3.8) is 0 Å². The highest BCUT2D eigenvalue weighted by atomic mass is 35.5. The van der Waals surface area contributed by atoms with E-state index in [1.54, 1.807) is 0 Å². The molecular weight excluding hydrogens is 183 g/mol. The standard InChI is InChI=1S/C7H8Cl2N2/c1-4-3-5(2)11-7(10-4)6(8)9/h3,6H,1-2H3. The Hall–Kier alpha value is -0.340. The molecule has 0 N–H and O–H groups in total. The second kappa shape index (κ2) is 3.37. The summed E-state index contributed by atoms with van der Waals surface area (Å²) in [5, 5.41) is 0. The molecule has 1 aromatic heterocycles. The molecule has 2 nitrogen and oxygen atoms in total. The molecule has 0 radical (unpaired) electrons. The van der Waals surface area contributed by atoms with Crippen molar-refractivity contribution in [2.45, 2.75) is 18.7 Å². The molecule has 0 fully saturated rings. The fourth-order valence-corrected chi connectivity index (χ4v) is 1.05. The van der Waals surface area contributed by atoms with Crippen LogP contribution in [0.3, 0.4) is 0 Å². The molecule has 1 rings (SSSR count). The van der Waals surface area contributed by atoms with E-state index in [1.165, 1.54) is 0 Å². The van der Waals surface area contributed by atoms with Crippen LogP contribution in [-0.2, 0) is 0 Å². The van der Waals surface area contributed by atoms with Gasteiger partial charge in [-0.25, -0.2) is 9.97 Å². The Morgan fingerprint density at radius 3 is 2.00 bits per heavy atom. The maximum absolute atomic E-state index is 5.59. The van der Waals surface area contributed by atoms with Gasteiger partial charge in [0.15, 0.2) is 10.7 Å². The number of hydrogen-bond acceptors (Lipinski definition) is 2. The maximum Gasteiger partial charge on any atom is 0.167 e. The van der Waals surface area contributed by atoms with Crippen molar-refractivity contribution in [2.24, 2.45) is 0 Å². The zero-order valence-corrected chi connectivity index (χ0v) is 7.82. The summed E-state index contributed by atoms with van der Waals surface area (Å²) in [7, 11) is 0. The number of alkyl halides is 2. The molecule has 0 saturated heterocycles. The van der Waals surface area contributed by atoms with Crippen LogP contribution >= 0.6 is 23.2 Å². The zero-order chi connectivity index (χ0) is 8.43. The maximum atomic E-state index is 5.59. The van der Waals surface area contributed by atoms with Gasteiger partial charge in [0.25, 0.3) is 0 Å². The molecule has 0 atom stereocenters. The third kappa shape index (κ3) is 2.31. The average molecular weight is 191 g/mol. The lowest BCUT2D eigenvalue weighted by Crippen LogP contribution is -1.97. The van der Waals surface area contributed by atoms with Gasteiger partial charge in [-0.3, -0.25) is 0 Å². The van der Waals surface area contributed by atoms with Gasteiger partial charge in [-0.2, -0.15) is 0 Å². The molecule has 0 amide bonds. The third-order valence-corrected chi connectivity index (χ3v) is 1.59. The molecule has 11 heavy (non-hydrogen) atoms. The average Bonchev–Trinajstić information content (AvgIpc) is 1.85. The van der Waals surface area contributed by atoms with E-state index >= 15 is 0 Å². The predicted octanol–water partition coefficient (Wildman–Crippen LogP) is 2.57. The van der Waals surface area contributed by atoms with Crippen LogP contribution in [-0.4, -0.2) is 9.97 Å². The van der Waals surface area contributed by atoms with Gasteiger partial charge in [-0.15, -0.1) is 0 Å².